The fourth-order valence-corrected chi connectivity index (χ4v) is 0.694. The van der Waals surface area contributed by atoms with Gasteiger partial charge >= 0.3 is 11.9 Å². The van der Waals surface area contributed by atoms with Crippen molar-refractivity contribution < 1.29 is 24.2 Å². The molecule has 0 aliphatic heterocycles. The van der Waals surface area contributed by atoms with Crippen molar-refractivity contribution in [2.45, 2.75) is 38.9 Å². The summed E-state index contributed by atoms with van der Waals surface area (Å²) in [4.78, 5) is 21.8. The van der Waals surface area contributed by atoms with Crippen molar-refractivity contribution in [2.24, 2.45) is 0 Å². The lowest BCUT2D eigenvalue weighted by Crippen LogP contribution is -2.33. The summed E-state index contributed by atoms with van der Waals surface area (Å²) in [6.07, 6.45) is -1.84. The first kappa shape index (κ1) is 12.9. The summed E-state index contributed by atoms with van der Waals surface area (Å²) in [7, 11) is 1.18. The number of aliphatic hydroxyl groups is 1. The van der Waals surface area contributed by atoms with Crippen LogP contribution in [0.2, 0.25) is 0 Å². The van der Waals surface area contributed by atoms with E-state index >= 15 is 0 Å². The van der Waals surface area contributed by atoms with Crippen LogP contribution in [0.15, 0.2) is 0 Å². The molecule has 0 aliphatic carbocycles. The van der Waals surface area contributed by atoms with E-state index in [2.05, 4.69) is 4.74 Å². The largest absolute Gasteiger partial charge is 0.469 e. The van der Waals surface area contributed by atoms with Crippen molar-refractivity contribution in [2.75, 3.05) is 7.11 Å². The van der Waals surface area contributed by atoms with Gasteiger partial charge in [0, 0.05) is 0 Å². The van der Waals surface area contributed by atoms with Crippen LogP contribution in [0.1, 0.15) is 27.2 Å². The second-order valence-corrected chi connectivity index (χ2v) is 3.83. The van der Waals surface area contributed by atoms with Gasteiger partial charge in [-0.25, -0.2) is 4.79 Å². The predicted molar refractivity (Wildman–Crippen MR) is 48.5 cm³/mol. The highest BCUT2D eigenvalue weighted by Gasteiger charge is 2.25. The number of rotatable bonds is 3. The fourth-order valence-electron chi connectivity index (χ4n) is 0.694. The SMILES string of the molecule is COC(=O)C[C@@H](O)C(=O)OC(C)(C)C. The number of carbonyl (C=O) groups excluding carboxylic acids is 2. The Morgan fingerprint density at radius 3 is 2.21 bits per heavy atom. The van der Waals surface area contributed by atoms with Crippen LogP contribution in [0.25, 0.3) is 0 Å². The molecule has 0 radical (unpaired) electrons. The van der Waals surface area contributed by atoms with Crippen LogP contribution in [-0.4, -0.2) is 35.9 Å². The van der Waals surface area contributed by atoms with E-state index in [4.69, 9.17) is 4.74 Å². The van der Waals surface area contributed by atoms with E-state index in [9.17, 15) is 14.7 Å². The average Bonchev–Trinajstić information content (AvgIpc) is 2.00. The Kier molecular flexibility index (Phi) is 4.56. The highest BCUT2D eigenvalue weighted by atomic mass is 16.6. The first-order valence-electron chi connectivity index (χ1n) is 4.24. The zero-order valence-corrected chi connectivity index (χ0v) is 8.86. The van der Waals surface area contributed by atoms with Crippen molar-refractivity contribution in [3.8, 4) is 0 Å². The number of hydrogen-bond acceptors (Lipinski definition) is 5. The molecule has 14 heavy (non-hydrogen) atoms. The van der Waals surface area contributed by atoms with Gasteiger partial charge in [0.2, 0.25) is 0 Å². The van der Waals surface area contributed by atoms with Gasteiger partial charge in [-0.3, -0.25) is 4.79 Å². The summed E-state index contributed by atoms with van der Waals surface area (Å²) in [6.45, 7) is 5.03. The molecule has 1 N–H and O–H groups in total. The summed E-state index contributed by atoms with van der Waals surface area (Å²) < 4.78 is 9.14. The van der Waals surface area contributed by atoms with Crippen molar-refractivity contribution in [1.29, 1.82) is 0 Å². The van der Waals surface area contributed by atoms with Crippen LogP contribution in [0.3, 0.4) is 0 Å². The Balaban J connectivity index is 4.07. The zero-order chi connectivity index (χ0) is 11.4. The zero-order valence-electron chi connectivity index (χ0n) is 8.86. The Hall–Kier alpha value is -1.10. The van der Waals surface area contributed by atoms with Gasteiger partial charge in [0.05, 0.1) is 13.5 Å². The molecule has 0 unspecified atom stereocenters. The molecule has 1 atom stereocenters. The normalized spacial score (nSPS) is 13.2. The monoisotopic (exact) mass is 204 g/mol. The Bertz CT molecular complexity index is 216. The lowest BCUT2D eigenvalue weighted by molar-refractivity contribution is -0.168. The van der Waals surface area contributed by atoms with E-state index in [1.54, 1.807) is 20.8 Å². The number of hydrogen-bond donors (Lipinski definition) is 1. The van der Waals surface area contributed by atoms with E-state index < -0.39 is 23.6 Å². The highest BCUT2D eigenvalue weighted by molar-refractivity contribution is 5.81. The summed E-state index contributed by atoms with van der Waals surface area (Å²) in [5, 5.41) is 9.21. The second kappa shape index (κ2) is 4.95. The molecule has 0 bridgehead atoms. The van der Waals surface area contributed by atoms with Crippen LogP contribution in [0.5, 0.6) is 0 Å². The minimum Gasteiger partial charge on any atom is -0.469 e. The van der Waals surface area contributed by atoms with E-state index in [0.717, 1.165) is 0 Å². The number of esters is 2. The molecule has 0 aromatic rings. The molecule has 0 aromatic carbocycles. The van der Waals surface area contributed by atoms with Crippen molar-refractivity contribution in [3.05, 3.63) is 0 Å². The third-order valence-corrected chi connectivity index (χ3v) is 1.27. The Morgan fingerprint density at radius 2 is 1.86 bits per heavy atom. The standard InChI is InChI=1S/C9H16O5/c1-9(2,3)14-8(12)6(10)5-7(11)13-4/h6,10H,5H2,1-4H3/t6-/m1/s1. The van der Waals surface area contributed by atoms with E-state index in [0.29, 0.717) is 0 Å². The molecule has 82 valence electrons. The molecular weight excluding hydrogens is 188 g/mol. The first-order valence-corrected chi connectivity index (χ1v) is 4.24. The van der Waals surface area contributed by atoms with Crippen molar-refractivity contribution >= 4 is 11.9 Å². The number of aliphatic hydroxyl groups excluding tert-OH is 1. The number of ether oxygens (including phenoxy) is 2. The van der Waals surface area contributed by atoms with Gasteiger partial charge < -0.3 is 14.6 Å². The maximum absolute atomic E-state index is 11.1. The predicted octanol–water partition coefficient (Wildman–Crippen LogP) is 0.252. The first-order chi connectivity index (χ1) is 6.26. The van der Waals surface area contributed by atoms with Crippen LogP contribution in [-0.2, 0) is 19.1 Å². The smallest absolute Gasteiger partial charge is 0.336 e. The lowest BCUT2D eigenvalue weighted by atomic mass is 10.2. The molecule has 0 saturated carbocycles. The van der Waals surface area contributed by atoms with Gasteiger partial charge in [-0.2, -0.15) is 0 Å². The number of methoxy groups -OCH3 is 1. The molecule has 0 heterocycles. The minimum atomic E-state index is -1.46. The van der Waals surface area contributed by atoms with Crippen LogP contribution in [0, 0.1) is 0 Å². The molecule has 5 nitrogen and oxygen atoms in total. The Morgan fingerprint density at radius 1 is 1.36 bits per heavy atom. The molecule has 0 fully saturated rings. The topological polar surface area (TPSA) is 72.8 Å². The van der Waals surface area contributed by atoms with Gasteiger partial charge in [0.15, 0.2) is 6.10 Å². The summed E-state index contributed by atoms with van der Waals surface area (Å²) in [5.74, 6) is -1.47. The van der Waals surface area contributed by atoms with Crippen LogP contribution in [0.4, 0.5) is 0 Å². The van der Waals surface area contributed by atoms with Gasteiger partial charge in [0.1, 0.15) is 5.60 Å². The molecular formula is C9H16O5. The summed E-state index contributed by atoms with van der Waals surface area (Å²) in [6, 6.07) is 0. The average molecular weight is 204 g/mol. The Labute approximate surface area is 83.0 Å². The van der Waals surface area contributed by atoms with Crippen LogP contribution < -0.4 is 0 Å². The van der Waals surface area contributed by atoms with E-state index in [-0.39, 0.29) is 6.42 Å². The maximum atomic E-state index is 11.1. The molecule has 0 saturated heterocycles. The second-order valence-electron chi connectivity index (χ2n) is 3.83. The molecule has 0 spiro atoms. The molecule has 0 aromatic heterocycles. The third-order valence-electron chi connectivity index (χ3n) is 1.27. The number of carbonyl (C=O) groups is 2. The van der Waals surface area contributed by atoms with E-state index in [1.807, 2.05) is 0 Å². The van der Waals surface area contributed by atoms with Crippen molar-refractivity contribution in [1.82, 2.24) is 0 Å². The van der Waals surface area contributed by atoms with Gasteiger partial charge in [-0.05, 0) is 20.8 Å². The highest BCUT2D eigenvalue weighted by Crippen LogP contribution is 2.09. The van der Waals surface area contributed by atoms with Gasteiger partial charge in [-0.15, -0.1) is 0 Å². The van der Waals surface area contributed by atoms with E-state index in [1.165, 1.54) is 7.11 Å². The van der Waals surface area contributed by atoms with Crippen molar-refractivity contribution in [3.63, 3.8) is 0 Å². The van der Waals surface area contributed by atoms with Gasteiger partial charge in [0.25, 0.3) is 0 Å². The molecule has 0 aliphatic rings. The maximum Gasteiger partial charge on any atom is 0.336 e. The third kappa shape index (κ3) is 5.53. The van der Waals surface area contributed by atoms with Gasteiger partial charge in [-0.1, -0.05) is 0 Å². The summed E-state index contributed by atoms with van der Waals surface area (Å²) in [5.41, 5.74) is -0.672. The molecule has 0 rings (SSSR count). The van der Waals surface area contributed by atoms with Crippen LogP contribution >= 0.6 is 0 Å². The molecule has 5 heteroatoms. The fraction of sp³-hybridized carbons (Fsp3) is 0.778. The lowest BCUT2D eigenvalue weighted by Gasteiger charge is -2.21. The summed E-state index contributed by atoms with van der Waals surface area (Å²) >= 11 is 0. The molecule has 0 amide bonds. The minimum absolute atomic E-state index is 0.384. The quantitative estimate of drug-likeness (QED) is 0.667.